The molecule has 2 atom stereocenters. The van der Waals surface area contributed by atoms with Crippen LogP contribution in [-0.2, 0) is 16.0 Å². The van der Waals surface area contributed by atoms with E-state index < -0.39 is 0 Å². The molecule has 3 amide bonds. The number of hydrogen-bond acceptors (Lipinski definition) is 3. The van der Waals surface area contributed by atoms with Crippen LogP contribution in [0.2, 0.25) is 0 Å². The highest BCUT2D eigenvalue weighted by Gasteiger charge is 2.32. The van der Waals surface area contributed by atoms with Crippen molar-refractivity contribution in [3.05, 3.63) is 71.8 Å². The zero-order valence-corrected chi connectivity index (χ0v) is 19.0. The van der Waals surface area contributed by atoms with Gasteiger partial charge in [0, 0.05) is 36.7 Å². The molecule has 0 bridgehead atoms. The molecule has 1 aliphatic carbocycles. The molecule has 2 aromatic carbocycles. The lowest BCUT2D eigenvalue weighted by Crippen LogP contribution is -2.55. The molecule has 6 nitrogen and oxygen atoms in total. The molecule has 2 aromatic rings. The number of rotatable bonds is 6. The average molecular weight is 448 g/mol. The number of benzene rings is 2. The summed E-state index contributed by atoms with van der Waals surface area (Å²) in [5, 5.41) is 6.35. The minimum atomic E-state index is -0.0908. The summed E-state index contributed by atoms with van der Waals surface area (Å²) < 4.78 is 0. The molecule has 0 unspecified atom stereocenters. The van der Waals surface area contributed by atoms with Crippen LogP contribution >= 0.6 is 0 Å². The molecule has 33 heavy (non-hydrogen) atoms. The first-order valence-corrected chi connectivity index (χ1v) is 12.1. The second-order valence-corrected chi connectivity index (χ2v) is 9.16. The number of carbonyl (C=O) groups is 3. The molecule has 2 N–H and O–H groups in total. The standard InChI is InChI=1S/C27H33N3O3/c31-25(19-20-9-3-1-4-10-20)30-17-15-22(16-18-30)27(33)29-24-14-8-7-13-23(24)28-26(32)21-11-5-2-6-12-21/h1-6,9-12,22-24H,7-8,13-19H2,(H,28,32)(H,29,33)/t23-,24-/m1/s1. The molecular formula is C27H33N3O3. The summed E-state index contributed by atoms with van der Waals surface area (Å²) in [5.41, 5.74) is 1.66. The molecule has 0 aromatic heterocycles. The summed E-state index contributed by atoms with van der Waals surface area (Å²) in [6.07, 6.45) is 5.61. The minimum Gasteiger partial charge on any atom is -0.351 e. The van der Waals surface area contributed by atoms with Gasteiger partial charge in [0.25, 0.3) is 5.91 Å². The fourth-order valence-corrected chi connectivity index (χ4v) is 4.89. The number of hydrogen-bond donors (Lipinski definition) is 2. The smallest absolute Gasteiger partial charge is 0.251 e. The van der Waals surface area contributed by atoms with E-state index in [0.29, 0.717) is 37.9 Å². The monoisotopic (exact) mass is 447 g/mol. The number of likely N-dealkylation sites (tertiary alicyclic amines) is 1. The molecule has 1 heterocycles. The summed E-state index contributed by atoms with van der Waals surface area (Å²) in [6.45, 7) is 1.23. The Bertz CT molecular complexity index is 940. The van der Waals surface area contributed by atoms with Crippen molar-refractivity contribution < 1.29 is 14.4 Å². The normalized spacial score (nSPS) is 21.3. The zero-order valence-electron chi connectivity index (χ0n) is 19.0. The lowest BCUT2D eigenvalue weighted by atomic mass is 9.88. The van der Waals surface area contributed by atoms with Crippen LogP contribution in [0.25, 0.3) is 0 Å². The predicted octanol–water partition coefficient (Wildman–Crippen LogP) is 3.33. The highest BCUT2D eigenvalue weighted by atomic mass is 16.2. The van der Waals surface area contributed by atoms with E-state index in [1.807, 2.05) is 53.4 Å². The minimum absolute atomic E-state index is 0.0448. The first-order chi connectivity index (χ1) is 16.1. The van der Waals surface area contributed by atoms with Crippen molar-refractivity contribution in [3.8, 4) is 0 Å². The van der Waals surface area contributed by atoms with E-state index in [2.05, 4.69) is 10.6 Å². The number of nitrogens with one attached hydrogen (secondary N) is 2. The van der Waals surface area contributed by atoms with Crippen molar-refractivity contribution in [2.45, 2.75) is 57.0 Å². The van der Waals surface area contributed by atoms with Gasteiger partial charge >= 0.3 is 0 Å². The lowest BCUT2D eigenvalue weighted by molar-refractivity contribution is -0.135. The highest BCUT2D eigenvalue weighted by Crippen LogP contribution is 2.22. The van der Waals surface area contributed by atoms with Crippen LogP contribution in [-0.4, -0.2) is 47.8 Å². The largest absolute Gasteiger partial charge is 0.351 e. The number of amides is 3. The van der Waals surface area contributed by atoms with Gasteiger partial charge < -0.3 is 15.5 Å². The maximum Gasteiger partial charge on any atom is 0.251 e. The third-order valence-electron chi connectivity index (χ3n) is 6.86. The predicted molar refractivity (Wildman–Crippen MR) is 128 cm³/mol. The Kier molecular flexibility index (Phi) is 7.76. The molecule has 2 aliphatic rings. The van der Waals surface area contributed by atoms with Crippen molar-refractivity contribution in [1.29, 1.82) is 0 Å². The molecule has 6 heteroatoms. The molecule has 1 aliphatic heterocycles. The molecule has 1 saturated heterocycles. The van der Waals surface area contributed by atoms with E-state index in [-0.39, 0.29) is 35.7 Å². The summed E-state index contributed by atoms with van der Waals surface area (Å²) in [5.74, 6) is -0.00259. The van der Waals surface area contributed by atoms with Crippen LogP contribution in [0.4, 0.5) is 0 Å². The fraction of sp³-hybridized carbons (Fsp3) is 0.444. The summed E-state index contributed by atoms with van der Waals surface area (Å²) in [7, 11) is 0. The van der Waals surface area contributed by atoms with Crippen LogP contribution in [0.3, 0.4) is 0 Å². The lowest BCUT2D eigenvalue weighted by Gasteiger charge is -2.36. The van der Waals surface area contributed by atoms with Crippen molar-refractivity contribution in [2.24, 2.45) is 5.92 Å². The van der Waals surface area contributed by atoms with Crippen LogP contribution in [0.5, 0.6) is 0 Å². The highest BCUT2D eigenvalue weighted by molar-refractivity contribution is 5.94. The first-order valence-electron chi connectivity index (χ1n) is 12.1. The summed E-state index contributed by atoms with van der Waals surface area (Å²) in [6, 6.07) is 18.9. The fourth-order valence-electron chi connectivity index (χ4n) is 4.89. The SMILES string of the molecule is O=C(N[C@@H]1CCCC[C@H]1NC(=O)C1CCN(C(=O)Cc2ccccc2)CC1)c1ccccc1. The molecule has 2 fully saturated rings. The molecular weight excluding hydrogens is 414 g/mol. The molecule has 0 spiro atoms. The van der Waals surface area contributed by atoms with Crippen molar-refractivity contribution in [2.75, 3.05) is 13.1 Å². The van der Waals surface area contributed by atoms with Gasteiger partial charge in [-0.2, -0.15) is 0 Å². The molecule has 0 radical (unpaired) electrons. The number of carbonyl (C=O) groups excluding carboxylic acids is 3. The van der Waals surface area contributed by atoms with Crippen LogP contribution in [0.1, 0.15) is 54.4 Å². The first kappa shape index (κ1) is 23.0. The molecule has 1 saturated carbocycles. The van der Waals surface area contributed by atoms with Gasteiger partial charge in [-0.15, -0.1) is 0 Å². The Labute approximate surface area is 195 Å². The van der Waals surface area contributed by atoms with Gasteiger partial charge in [0.05, 0.1) is 6.42 Å². The van der Waals surface area contributed by atoms with Gasteiger partial charge in [-0.25, -0.2) is 0 Å². The Morgan fingerprint density at radius 3 is 1.97 bits per heavy atom. The van der Waals surface area contributed by atoms with Gasteiger partial charge in [-0.1, -0.05) is 61.4 Å². The van der Waals surface area contributed by atoms with Gasteiger partial charge in [0.15, 0.2) is 0 Å². The maximum absolute atomic E-state index is 13.0. The average Bonchev–Trinajstić information content (AvgIpc) is 2.86. The second kappa shape index (κ2) is 11.1. The number of nitrogens with zero attached hydrogens (tertiary/aromatic N) is 1. The number of piperidine rings is 1. The molecule has 174 valence electrons. The van der Waals surface area contributed by atoms with Crippen molar-refractivity contribution in [1.82, 2.24) is 15.5 Å². The third kappa shape index (κ3) is 6.21. The quantitative estimate of drug-likeness (QED) is 0.713. The van der Waals surface area contributed by atoms with E-state index in [1.54, 1.807) is 12.1 Å². The van der Waals surface area contributed by atoms with Crippen LogP contribution < -0.4 is 10.6 Å². The van der Waals surface area contributed by atoms with Gasteiger partial charge in [0.1, 0.15) is 0 Å². The van der Waals surface area contributed by atoms with E-state index >= 15 is 0 Å². The Morgan fingerprint density at radius 2 is 1.33 bits per heavy atom. The van der Waals surface area contributed by atoms with E-state index in [1.165, 1.54) is 0 Å². The van der Waals surface area contributed by atoms with E-state index in [4.69, 9.17) is 0 Å². The Morgan fingerprint density at radius 1 is 0.758 bits per heavy atom. The third-order valence-corrected chi connectivity index (χ3v) is 6.86. The molecule has 4 rings (SSSR count). The van der Waals surface area contributed by atoms with Crippen LogP contribution in [0, 0.1) is 5.92 Å². The second-order valence-electron chi connectivity index (χ2n) is 9.16. The summed E-state index contributed by atoms with van der Waals surface area (Å²) >= 11 is 0. The van der Waals surface area contributed by atoms with Crippen LogP contribution in [0.15, 0.2) is 60.7 Å². The summed E-state index contributed by atoms with van der Waals surface area (Å²) in [4.78, 5) is 40.1. The maximum atomic E-state index is 13.0. The van der Waals surface area contributed by atoms with Gasteiger partial charge in [0.2, 0.25) is 11.8 Å². The van der Waals surface area contributed by atoms with Crippen molar-refractivity contribution >= 4 is 17.7 Å². The van der Waals surface area contributed by atoms with E-state index in [0.717, 1.165) is 31.2 Å². The van der Waals surface area contributed by atoms with Crippen molar-refractivity contribution in [3.63, 3.8) is 0 Å². The Balaban J connectivity index is 1.26. The topological polar surface area (TPSA) is 78.5 Å². The van der Waals surface area contributed by atoms with Gasteiger partial charge in [-0.05, 0) is 43.4 Å². The zero-order chi connectivity index (χ0) is 23.0. The Hall–Kier alpha value is -3.15. The van der Waals surface area contributed by atoms with Gasteiger partial charge in [-0.3, -0.25) is 14.4 Å². The van der Waals surface area contributed by atoms with E-state index in [9.17, 15) is 14.4 Å².